The molecule has 7 nitrogen and oxygen atoms in total. The number of amides is 1. The number of benzene rings is 2. The Bertz CT molecular complexity index is 1140. The molecule has 2 N–H and O–H groups in total. The minimum Gasteiger partial charge on any atom is -0.348 e. The van der Waals surface area contributed by atoms with Crippen LogP contribution in [0, 0.1) is 0 Å². The first-order valence-corrected chi connectivity index (χ1v) is 11.2. The summed E-state index contributed by atoms with van der Waals surface area (Å²) in [4.78, 5) is 15.6. The number of carbonyl (C=O) groups excluding carboxylic acids is 1. The number of hydrogen-bond acceptors (Lipinski definition) is 5. The number of hydrazine groups is 1. The second-order valence-electron chi connectivity index (χ2n) is 9.20. The molecular formula is C24H28N6O. The molecule has 2 atom stereocenters. The number of piperidine rings is 1. The molecule has 3 aliphatic heterocycles. The maximum absolute atomic E-state index is 13.1. The maximum atomic E-state index is 13.1. The van der Waals surface area contributed by atoms with Crippen LogP contribution >= 0.6 is 0 Å². The lowest BCUT2D eigenvalue weighted by atomic mass is 9.98. The standard InChI is InChI=1S/C24H28N6O/c1-28-17-7-8-18(28)12-16(11-17)25-24(31)23-20-13-19(9-10-21(20)26-27-23)30-14-15-5-3-4-6-22(15)29(30)2/h3-6,9-10,13,16-18H,7-8,11-12,14H2,1-2H3,(H,25,31)(H,26,27). The first kappa shape index (κ1) is 18.7. The van der Waals surface area contributed by atoms with Crippen molar-refractivity contribution in [2.45, 2.75) is 50.4 Å². The Morgan fingerprint density at radius 1 is 1.10 bits per heavy atom. The van der Waals surface area contributed by atoms with Crippen LogP contribution in [0.2, 0.25) is 0 Å². The molecule has 7 heteroatoms. The van der Waals surface area contributed by atoms with Gasteiger partial charge >= 0.3 is 0 Å². The SMILES string of the molecule is CN1C2CCC1CC(NC(=O)c1n[nH]c3ccc(N4Cc5ccccc5N4C)cc13)C2. The number of aromatic nitrogens is 2. The van der Waals surface area contributed by atoms with Gasteiger partial charge in [0.05, 0.1) is 23.4 Å². The molecule has 0 saturated carbocycles. The highest BCUT2D eigenvalue weighted by atomic mass is 16.2. The van der Waals surface area contributed by atoms with Crippen molar-refractivity contribution in [3.05, 3.63) is 53.7 Å². The van der Waals surface area contributed by atoms with Crippen molar-refractivity contribution in [1.29, 1.82) is 0 Å². The first-order chi connectivity index (χ1) is 15.1. The van der Waals surface area contributed by atoms with Gasteiger partial charge in [0, 0.05) is 30.6 Å². The molecule has 4 heterocycles. The van der Waals surface area contributed by atoms with Crippen LogP contribution in [-0.2, 0) is 6.54 Å². The van der Waals surface area contributed by atoms with Gasteiger partial charge in [-0.2, -0.15) is 5.10 Å². The van der Waals surface area contributed by atoms with Crippen molar-refractivity contribution in [1.82, 2.24) is 20.4 Å². The second kappa shape index (κ2) is 6.99. The topological polar surface area (TPSA) is 67.5 Å². The van der Waals surface area contributed by atoms with Gasteiger partial charge < -0.3 is 10.2 Å². The van der Waals surface area contributed by atoms with E-state index in [1.54, 1.807) is 0 Å². The van der Waals surface area contributed by atoms with E-state index in [0.29, 0.717) is 17.8 Å². The highest BCUT2D eigenvalue weighted by Crippen LogP contribution is 2.36. The maximum Gasteiger partial charge on any atom is 0.272 e. The van der Waals surface area contributed by atoms with Gasteiger partial charge in [-0.15, -0.1) is 0 Å². The number of nitrogens with one attached hydrogen (secondary N) is 2. The van der Waals surface area contributed by atoms with Crippen LogP contribution in [0.3, 0.4) is 0 Å². The molecule has 31 heavy (non-hydrogen) atoms. The number of H-pyrrole nitrogens is 1. The van der Waals surface area contributed by atoms with Crippen molar-refractivity contribution < 1.29 is 4.79 Å². The Hall–Kier alpha value is -3.06. The van der Waals surface area contributed by atoms with Crippen LogP contribution in [0.25, 0.3) is 10.9 Å². The number of para-hydroxylation sites is 1. The average Bonchev–Trinajstić information content (AvgIpc) is 3.40. The smallest absolute Gasteiger partial charge is 0.272 e. The number of aromatic amines is 1. The van der Waals surface area contributed by atoms with E-state index in [1.165, 1.54) is 24.1 Å². The van der Waals surface area contributed by atoms with E-state index >= 15 is 0 Å². The molecule has 0 spiro atoms. The Morgan fingerprint density at radius 2 is 1.87 bits per heavy atom. The molecule has 3 aliphatic rings. The zero-order valence-electron chi connectivity index (χ0n) is 18.0. The highest BCUT2D eigenvalue weighted by Gasteiger charge is 2.39. The van der Waals surface area contributed by atoms with Gasteiger partial charge in [0.1, 0.15) is 0 Å². The molecule has 160 valence electrons. The van der Waals surface area contributed by atoms with E-state index in [2.05, 4.69) is 80.9 Å². The van der Waals surface area contributed by atoms with Gasteiger partial charge in [-0.05, 0) is 62.6 Å². The van der Waals surface area contributed by atoms with E-state index in [4.69, 9.17) is 0 Å². The molecule has 2 saturated heterocycles. The van der Waals surface area contributed by atoms with Crippen LogP contribution in [-0.4, -0.2) is 53.2 Å². The zero-order valence-corrected chi connectivity index (χ0v) is 18.0. The highest BCUT2D eigenvalue weighted by molar-refractivity contribution is 6.05. The van der Waals surface area contributed by atoms with Crippen LogP contribution in [0.15, 0.2) is 42.5 Å². The Kier molecular flexibility index (Phi) is 4.21. The molecule has 2 bridgehead atoms. The molecule has 2 aromatic carbocycles. The minimum atomic E-state index is -0.0737. The summed E-state index contributed by atoms with van der Waals surface area (Å²) >= 11 is 0. The third-order valence-corrected chi connectivity index (χ3v) is 7.52. The number of anilines is 2. The molecule has 2 unspecified atom stereocenters. The molecule has 3 aromatic rings. The minimum absolute atomic E-state index is 0.0737. The summed E-state index contributed by atoms with van der Waals surface area (Å²) < 4.78 is 0. The number of rotatable bonds is 3. The van der Waals surface area contributed by atoms with Gasteiger partial charge in [0.25, 0.3) is 5.91 Å². The van der Waals surface area contributed by atoms with Gasteiger partial charge in [-0.25, -0.2) is 0 Å². The first-order valence-electron chi connectivity index (χ1n) is 11.2. The predicted molar refractivity (Wildman–Crippen MR) is 122 cm³/mol. The van der Waals surface area contributed by atoms with E-state index < -0.39 is 0 Å². The molecule has 1 aromatic heterocycles. The van der Waals surface area contributed by atoms with Crippen molar-refractivity contribution in [3.63, 3.8) is 0 Å². The van der Waals surface area contributed by atoms with Gasteiger partial charge in [0.15, 0.2) is 5.69 Å². The summed E-state index contributed by atoms with van der Waals surface area (Å²) in [6.45, 7) is 0.815. The molecule has 6 rings (SSSR count). The fourth-order valence-corrected chi connectivity index (χ4v) is 5.74. The van der Waals surface area contributed by atoms with Crippen molar-refractivity contribution in [2.75, 3.05) is 24.1 Å². The molecule has 2 fully saturated rings. The molecule has 0 radical (unpaired) electrons. The van der Waals surface area contributed by atoms with Crippen LogP contribution in [0.4, 0.5) is 11.4 Å². The summed E-state index contributed by atoms with van der Waals surface area (Å²) in [5.41, 5.74) is 4.94. The van der Waals surface area contributed by atoms with Crippen LogP contribution < -0.4 is 15.3 Å². The second-order valence-corrected chi connectivity index (χ2v) is 9.20. The summed E-state index contributed by atoms with van der Waals surface area (Å²) in [7, 11) is 4.30. The van der Waals surface area contributed by atoms with Crippen molar-refractivity contribution in [3.8, 4) is 0 Å². The Morgan fingerprint density at radius 3 is 2.65 bits per heavy atom. The van der Waals surface area contributed by atoms with Crippen LogP contribution in [0.5, 0.6) is 0 Å². The Balaban J connectivity index is 1.25. The largest absolute Gasteiger partial charge is 0.348 e. The monoisotopic (exact) mass is 416 g/mol. The molecular weight excluding hydrogens is 388 g/mol. The number of carbonyl (C=O) groups is 1. The van der Waals surface area contributed by atoms with E-state index in [9.17, 15) is 4.79 Å². The summed E-state index contributed by atoms with van der Waals surface area (Å²) in [5, 5.41) is 16.0. The van der Waals surface area contributed by atoms with Crippen molar-refractivity contribution >= 4 is 28.2 Å². The predicted octanol–water partition coefficient (Wildman–Crippen LogP) is 3.29. The lowest BCUT2D eigenvalue weighted by Gasteiger charge is -2.36. The van der Waals surface area contributed by atoms with Gasteiger partial charge in [0.2, 0.25) is 0 Å². The molecule has 1 amide bonds. The van der Waals surface area contributed by atoms with E-state index in [0.717, 1.165) is 36.0 Å². The number of hydrogen-bond donors (Lipinski definition) is 2. The third-order valence-electron chi connectivity index (χ3n) is 7.52. The fraction of sp³-hybridized carbons (Fsp3) is 0.417. The lowest BCUT2D eigenvalue weighted by molar-refractivity contribution is 0.0879. The quantitative estimate of drug-likeness (QED) is 0.686. The Labute approximate surface area is 182 Å². The fourth-order valence-electron chi connectivity index (χ4n) is 5.74. The average molecular weight is 417 g/mol. The van der Waals surface area contributed by atoms with Crippen molar-refractivity contribution in [2.24, 2.45) is 0 Å². The summed E-state index contributed by atoms with van der Waals surface area (Å²) in [6.07, 6.45) is 4.55. The number of nitrogens with zero attached hydrogens (tertiary/aromatic N) is 4. The van der Waals surface area contributed by atoms with E-state index in [1.807, 2.05) is 6.07 Å². The van der Waals surface area contributed by atoms with E-state index in [-0.39, 0.29) is 11.9 Å². The normalized spacial score (nSPS) is 25.3. The van der Waals surface area contributed by atoms with Crippen LogP contribution in [0.1, 0.15) is 41.7 Å². The molecule has 0 aliphatic carbocycles. The third kappa shape index (κ3) is 2.98. The van der Waals surface area contributed by atoms with Gasteiger partial charge in [-0.1, -0.05) is 18.2 Å². The zero-order chi connectivity index (χ0) is 21.1. The summed E-state index contributed by atoms with van der Waals surface area (Å²) in [5.74, 6) is -0.0737. The lowest BCUT2D eigenvalue weighted by Crippen LogP contribution is -2.48. The summed E-state index contributed by atoms with van der Waals surface area (Å²) in [6, 6.07) is 16.0. The number of fused-ring (bicyclic) bond motifs is 4. The van der Waals surface area contributed by atoms with Gasteiger partial charge in [-0.3, -0.25) is 19.9 Å².